The Labute approximate surface area is 169 Å². The maximum Gasteiger partial charge on any atom is 0.261 e. The Hall–Kier alpha value is -3.15. The Morgan fingerprint density at radius 2 is 1.93 bits per heavy atom. The lowest BCUT2D eigenvalue weighted by atomic mass is 10.1. The topological polar surface area (TPSA) is 73.2 Å². The number of aryl methyl sites for hydroxylation is 2. The molecular weight excluding hydrogens is 366 g/mol. The van der Waals surface area contributed by atoms with Gasteiger partial charge in [-0.05, 0) is 55.7 Å². The van der Waals surface area contributed by atoms with Crippen molar-refractivity contribution in [2.75, 3.05) is 12.4 Å². The fourth-order valence-electron chi connectivity index (χ4n) is 3.85. The van der Waals surface area contributed by atoms with Crippen LogP contribution in [0.4, 0.5) is 5.69 Å². The number of nitrogens with zero attached hydrogens (tertiary/aromatic N) is 2. The van der Waals surface area contributed by atoms with Gasteiger partial charge in [-0.2, -0.15) is 0 Å². The van der Waals surface area contributed by atoms with Gasteiger partial charge >= 0.3 is 0 Å². The number of anilines is 1. The van der Waals surface area contributed by atoms with E-state index < -0.39 is 0 Å². The van der Waals surface area contributed by atoms with Crippen molar-refractivity contribution in [1.82, 2.24) is 9.55 Å². The summed E-state index contributed by atoms with van der Waals surface area (Å²) in [6.45, 7) is 2.67. The number of ether oxygens (including phenoxy) is 1. The number of amides is 1. The summed E-state index contributed by atoms with van der Waals surface area (Å²) < 4.78 is 7.14. The molecule has 1 aliphatic rings. The van der Waals surface area contributed by atoms with Crippen LogP contribution in [0.25, 0.3) is 10.9 Å². The van der Waals surface area contributed by atoms with Crippen LogP contribution in [0.5, 0.6) is 5.75 Å². The predicted octanol–water partition coefficient (Wildman–Crippen LogP) is 4.08. The average Bonchev–Trinajstić information content (AvgIpc) is 2.69. The van der Waals surface area contributed by atoms with Gasteiger partial charge in [-0.1, -0.05) is 18.9 Å². The standard InChI is InChI=1S/C23H25N3O3/c1-15-8-11-20(29-2)19(13-15)25-22(27)16-9-10-17-18(14-16)24-21-7-5-3-4-6-12-26(21)23(17)28/h8-11,13-14H,3-7,12H2,1-2H3,(H,25,27). The van der Waals surface area contributed by atoms with Crippen molar-refractivity contribution in [3.05, 3.63) is 63.7 Å². The first kappa shape index (κ1) is 19.2. The second-order valence-electron chi connectivity index (χ2n) is 7.54. The van der Waals surface area contributed by atoms with Crippen LogP contribution in [0.1, 0.15) is 47.4 Å². The highest BCUT2D eigenvalue weighted by Crippen LogP contribution is 2.26. The van der Waals surface area contributed by atoms with Crippen LogP contribution in [0, 0.1) is 6.92 Å². The molecule has 0 saturated carbocycles. The van der Waals surface area contributed by atoms with E-state index in [0.717, 1.165) is 43.5 Å². The highest BCUT2D eigenvalue weighted by molar-refractivity contribution is 6.06. The summed E-state index contributed by atoms with van der Waals surface area (Å²) in [4.78, 5) is 30.5. The molecule has 0 unspecified atom stereocenters. The van der Waals surface area contributed by atoms with E-state index in [1.165, 1.54) is 0 Å². The first-order valence-electron chi connectivity index (χ1n) is 10.1. The summed E-state index contributed by atoms with van der Waals surface area (Å²) in [6.07, 6.45) is 5.13. The lowest BCUT2D eigenvalue weighted by molar-refractivity contribution is 0.102. The van der Waals surface area contributed by atoms with Gasteiger partial charge in [0, 0.05) is 18.5 Å². The monoisotopic (exact) mass is 391 g/mol. The van der Waals surface area contributed by atoms with Crippen LogP contribution >= 0.6 is 0 Å². The molecule has 29 heavy (non-hydrogen) atoms. The van der Waals surface area contributed by atoms with Gasteiger partial charge in [0.15, 0.2) is 0 Å². The molecule has 1 aromatic heterocycles. The van der Waals surface area contributed by atoms with Crippen molar-refractivity contribution in [3.8, 4) is 5.75 Å². The van der Waals surface area contributed by atoms with Gasteiger partial charge in [0.05, 0.1) is 23.7 Å². The molecule has 4 rings (SSSR count). The second-order valence-corrected chi connectivity index (χ2v) is 7.54. The van der Waals surface area contributed by atoms with Crippen LogP contribution in [0.3, 0.4) is 0 Å². The predicted molar refractivity (Wildman–Crippen MR) is 114 cm³/mol. The smallest absolute Gasteiger partial charge is 0.261 e. The Kier molecular flexibility index (Phi) is 5.34. The van der Waals surface area contributed by atoms with Crippen LogP contribution in [0.15, 0.2) is 41.2 Å². The first-order valence-corrected chi connectivity index (χ1v) is 10.1. The number of methoxy groups -OCH3 is 1. The zero-order valence-electron chi connectivity index (χ0n) is 16.8. The molecule has 1 amide bonds. The summed E-state index contributed by atoms with van der Waals surface area (Å²) in [5, 5.41) is 3.46. The van der Waals surface area contributed by atoms with E-state index in [1.807, 2.05) is 25.1 Å². The van der Waals surface area contributed by atoms with E-state index in [0.29, 0.717) is 34.4 Å². The number of benzene rings is 2. The van der Waals surface area contributed by atoms with E-state index >= 15 is 0 Å². The molecule has 150 valence electrons. The molecule has 0 radical (unpaired) electrons. The summed E-state index contributed by atoms with van der Waals surface area (Å²) in [7, 11) is 1.57. The molecule has 1 N–H and O–H groups in total. The van der Waals surface area contributed by atoms with Gasteiger partial charge in [-0.3, -0.25) is 14.2 Å². The normalized spacial score (nSPS) is 14.0. The number of carbonyl (C=O) groups excluding carboxylic acids is 1. The number of nitrogens with one attached hydrogen (secondary N) is 1. The minimum atomic E-state index is -0.260. The number of hydrogen-bond acceptors (Lipinski definition) is 4. The zero-order valence-corrected chi connectivity index (χ0v) is 16.8. The highest BCUT2D eigenvalue weighted by Gasteiger charge is 2.16. The highest BCUT2D eigenvalue weighted by atomic mass is 16.5. The summed E-state index contributed by atoms with van der Waals surface area (Å²) >= 11 is 0. The van der Waals surface area contributed by atoms with Gasteiger partial charge in [-0.25, -0.2) is 4.98 Å². The van der Waals surface area contributed by atoms with Crippen molar-refractivity contribution in [2.24, 2.45) is 0 Å². The fourth-order valence-corrected chi connectivity index (χ4v) is 3.85. The average molecular weight is 391 g/mol. The number of carbonyl (C=O) groups is 1. The molecule has 2 aromatic carbocycles. The van der Waals surface area contributed by atoms with Crippen LogP contribution in [-0.4, -0.2) is 22.6 Å². The number of hydrogen-bond donors (Lipinski definition) is 1. The molecule has 0 spiro atoms. The summed E-state index contributed by atoms with van der Waals surface area (Å²) in [5.74, 6) is 1.16. The van der Waals surface area contributed by atoms with E-state index in [1.54, 1.807) is 29.9 Å². The molecule has 2 heterocycles. The quantitative estimate of drug-likeness (QED) is 0.730. The third-order valence-electron chi connectivity index (χ3n) is 5.43. The van der Waals surface area contributed by atoms with Gasteiger partial charge in [0.1, 0.15) is 11.6 Å². The van der Waals surface area contributed by atoms with Crippen molar-refractivity contribution in [2.45, 2.75) is 45.6 Å². The maximum absolute atomic E-state index is 12.9. The Balaban J connectivity index is 1.70. The number of aromatic nitrogens is 2. The molecule has 1 aliphatic heterocycles. The van der Waals surface area contributed by atoms with Crippen molar-refractivity contribution in [3.63, 3.8) is 0 Å². The number of fused-ring (bicyclic) bond motifs is 2. The molecule has 0 atom stereocenters. The number of rotatable bonds is 3. The van der Waals surface area contributed by atoms with Crippen LogP contribution in [-0.2, 0) is 13.0 Å². The van der Waals surface area contributed by atoms with E-state index in [4.69, 9.17) is 9.72 Å². The summed E-state index contributed by atoms with van der Waals surface area (Å²) in [5.41, 5.74) is 2.66. The molecule has 3 aromatic rings. The first-order chi connectivity index (χ1) is 14.1. The van der Waals surface area contributed by atoms with E-state index in [2.05, 4.69) is 5.32 Å². The van der Waals surface area contributed by atoms with Gasteiger partial charge in [0.25, 0.3) is 11.5 Å². The fraction of sp³-hybridized carbons (Fsp3) is 0.348. The van der Waals surface area contributed by atoms with E-state index in [-0.39, 0.29) is 11.5 Å². The molecule has 0 bridgehead atoms. The zero-order chi connectivity index (χ0) is 20.4. The molecule has 0 aliphatic carbocycles. The second kappa shape index (κ2) is 8.07. The van der Waals surface area contributed by atoms with Crippen molar-refractivity contribution < 1.29 is 9.53 Å². The third-order valence-corrected chi connectivity index (χ3v) is 5.43. The SMILES string of the molecule is COc1ccc(C)cc1NC(=O)c1ccc2c(=O)n3c(nc2c1)CCCCCC3. The van der Waals surface area contributed by atoms with Gasteiger partial charge in [-0.15, -0.1) is 0 Å². The Bertz CT molecular complexity index is 1130. The van der Waals surface area contributed by atoms with Crippen LogP contribution < -0.4 is 15.6 Å². The molecule has 0 fully saturated rings. The minimum absolute atomic E-state index is 0.0146. The van der Waals surface area contributed by atoms with E-state index in [9.17, 15) is 9.59 Å². The van der Waals surface area contributed by atoms with Gasteiger partial charge in [0.2, 0.25) is 0 Å². The lowest BCUT2D eigenvalue weighted by Crippen LogP contribution is -2.26. The molecule has 6 heteroatoms. The van der Waals surface area contributed by atoms with Crippen LogP contribution in [0.2, 0.25) is 0 Å². The lowest BCUT2D eigenvalue weighted by Gasteiger charge is -2.16. The molecule has 0 saturated heterocycles. The Morgan fingerprint density at radius 3 is 2.76 bits per heavy atom. The molecule has 6 nitrogen and oxygen atoms in total. The van der Waals surface area contributed by atoms with Crippen molar-refractivity contribution in [1.29, 1.82) is 0 Å². The van der Waals surface area contributed by atoms with Crippen molar-refractivity contribution >= 4 is 22.5 Å². The largest absolute Gasteiger partial charge is 0.495 e. The summed E-state index contributed by atoms with van der Waals surface area (Å²) in [6, 6.07) is 10.7. The van der Waals surface area contributed by atoms with Gasteiger partial charge < -0.3 is 10.1 Å². The maximum atomic E-state index is 12.9. The minimum Gasteiger partial charge on any atom is -0.495 e. The Morgan fingerprint density at radius 1 is 1.10 bits per heavy atom. The molecular formula is C23H25N3O3. The third kappa shape index (κ3) is 3.88.